The molecule has 0 spiro atoms. The molecule has 0 aliphatic carbocycles. The molecule has 0 atom stereocenters. The van der Waals surface area contributed by atoms with Gasteiger partial charge in [0.2, 0.25) is 0 Å². The number of unbranched alkanes of at least 4 members (excludes halogenated alkanes) is 4. The van der Waals surface area contributed by atoms with Gasteiger partial charge in [0.1, 0.15) is 5.02 Å². The van der Waals surface area contributed by atoms with E-state index in [2.05, 4.69) is 6.92 Å². The summed E-state index contributed by atoms with van der Waals surface area (Å²) in [6.45, 7) is 5.92. The molecule has 0 aromatic heterocycles. The fraction of sp³-hybridized carbons (Fsp3) is 0.600. The average molecular weight is 438 g/mol. The predicted octanol–water partition coefficient (Wildman–Crippen LogP) is 6.87. The fourth-order valence-electron chi connectivity index (χ4n) is 2.71. The summed E-state index contributed by atoms with van der Waals surface area (Å²) in [6.07, 6.45) is 5.67. The van der Waals surface area contributed by atoms with Gasteiger partial charge in [-0.1, -0.05) is 81.3 Å². The lowest BCUT2D eigenvalue weighted by Crippen LogP contribution is -2.42. The third-order valence-electron chi connectivity index (χ3n) is 4.67. The number of esters is 2. The fourth-order valence-corrected chi connectivity index (χ4v) is 3.31. The zero-order valence-electron chi connectivity index (χ0n) is 16.1. The Hall–Kier alpha value is -0.970. The maximum absolute atomic E-state index is 12.8. The van der Waals surface area contributed by atoms with Crippen LogP contribution in [0.3, 0.4) is 0 Å². The molecule has 0 bridgehead atoms. The molecule has 4 nitrogen and oxygen atoms in total. The first-order valence-electron chi connectivity index (χ1n) is 9.37. The van der Waals surface area contributed by atoms with Crippen LogP contribution in [-0.2, 0) is 14.3 Å². The van der Waals surface area contributed by atoms with E-state index < -0.39 is 17.4 Å². The van der Waals surface area contributed by atoms with Crippen molar-refractivity contribution in [3.63, 3.8) is 0 Å². The van der Waals surface area contributed by atoms with Crippen LogP contribution < -0.4 is 4.74 Å². The summed E-state index contributed by atoms with van der Waals surface area (Å²) >= 11 is 18.1. The highest BCUT2D eigenvalue weighted by Gasteiger charge is 2.46. The van der Waals surface area contributed by atoms with E-state index in [-0.39, 0.29) is 40.3 Å². The molecule has 0 fully saturated rings. The van der Waals surface area contributed by atoms with Gasteiger partial charge in [-0.25, -0.2) is 0 Å². The van der Waals surface area contributed by atoms with E-state index in [9.17, 15) is 9.59 Å². The highest BCUT2D eigenvalue weighted by atomic mass is 35.5. The minimum absolute atomic E-state index is 0.0305. The van der Waals surface area contributed by atoms with E-state index in [1.165, 1.54) is 12.1 Å². The van der Waals surface area contributed by atoms with Gasteiger partial charge in [0.25, 0.3) is 0 Å². The Kier molecular flexibility index (Phi) is 10.5. The van der Waals surface area contributed by atoms with Crippen molar-refractivity contribution in [2.24, 2.45) is 5.41 Å². The first kappa shape index (κ1) is 24.1. The van der Waals surface area contributed by atoms with Crippen molar-refractivity contribution in [3.05, 3.63) is 27.2 Å². The quantitative estimate of drug-likeness (QED) is 0.125. The molecule has 0 radical (unpaired) electrons. The summed E-state index contributed by atoms with van der Waals surface area (Å²) in [7, 11) is 0. The summed E-state index contributed by atoms with van der Waals surface area (Å²) in [5.74, 6) is -1.37. The Morgan fingerprint density at radius 3 is 2.07 bits per heavy atom. The summed E-state index contributed by atoms with van der Waals surface area (Å²) < 4.78 is 10.8. The van der Waals surface area contributed by atoms with Crippen molar-refractivity contribution in [2.75, 3.05) is 6.61 Å². The smallest absolute Gasteiger partial charge is 0.328 e. The highest BCUT2D eigenvalue weighted by Crippen LogP contribution is 2.40. The Bertz CT molecular complexity index is 642. The summed E-state index contributed by atoms with van der Waals surface area (Å²) in [6, 6.07) is 2.98. The number of carbonyl (C=O) groups is 2. The van der Waals surface area contributed by atoms with Crippen molar-refractivity contribution >= 4 is 46.7 Å². The first-order valence-corrected chi connectivity index (χ1v) is 10.5. The zero-order valence-corrected chi connectivity index (χ0v) is 18.3. The first-order chi connectivity index (χ1) is 12.8. The van der Waals surface area contributed by atoms with Crippen molar-refractivity contribution in [1.29, 1.82) is 0 Å². The number of rotatable bonds is 11. The Labute approximate surface area is 176 Å². The Morgan fingerprint density at radius 1 is 0.889 bits per heavy atom. The maximum atomic E-state index is 12.8. The van der Waals surface area contributed by atoms with Crippen LogP contribution in [0.2, 0.25) is 15.1 Å². The molecule has 0 N–H and O–H groups in total. The molecule has 0 heterocycles. The van der Waals surface area contributed by atoms with Crippen LogP contribution in [-0.4, -0.2) is 18.5 Å². The molecule has 1 rings (SSSR count). The van der Waals surface area contributed by atoms with Gasteiger partial charge in [-0.15, -0.1) is 0 Å². The molecule has 27 heavy (non-hydrogen) atoms. The molecule has 0 aliphatic rings. The van der Waals surface area contributed by atoms with Crippen LogP contribution in [0.4, 0.5) is 0 Å². The lowest BCUT2D eigenvalue weighted by Gasteiger charge is -2.27. The molecule has 0 amide bonds. The second kappa shape index (κ2) is 11.8. The summed E-state index contributed by atoms with van der Waals surface area (Å²) in [4.78, 5) is 25.5. The lowest BCUT2D eigenvalue weighted by molar-refractivity contribution is -0.168. The molecule has 1 aromatic rings. The Morgan fingerprint density at radius 2 is 1.48 bits per heavy atom. The van der Waals surface area contributed by atoms with E-state index in [4.69, 9.17) is 44.3 Å². The molecular weight excluding hydrogens is 411 g/mol. The average Bonchev–Trinajstić information content (AvgIpc) is 2.66. The standard InChI is InChI=1S/C20H27Cl3O4/c1-4-7-8-9-10-13-26-18(24)20(5-2,6-3)19(25)27-17-15(22)12-11-14(21)16(17)23/h11-12H,4-10,13H2,1-3H3. The molecule has 152 valence electrons. The third kappa shape index (κ3) is 6.27. The summed E-state index contributed by atoms with van der Waals surface area (Å²) in [5.41, 5.74) is -1.40. The number of benzene rings is 1. The van der Waals surface area contributed by atoms with Crippen molar-refractivity contribution < 1.29 is 19.1 Å². The van der Waals surface area contributed by atoms with E-state index in [1.54, 1.807) is 13.8 Å². The molecule has 0 aliphatic heterocycles. The van der Waals surface area contributed by atoms with Crippen LogP contribution in [0, 0.1) is 5.41 Å². The van der Waals surface area contributed by atoms with Crippen LogP contribution >= 0.6 is 34.8 Å². The van der Waals surface area contributed by atoms with E-state index >= 15 is 0 Å². The zero-order chi connectivity index (χ0) is 20.4. The van der Waals surface area contributed by atoms with E-state index in [0.29, 0.717) is 0 Å². The van der Waals surface area contributed by atoms with Gasteiger partial charge < -0.3 is 9.47 Å². The summed E-state index contributed by atoms with van der Waals surface area (Å²) in [5, 5.41) is 0.378. The maximum Gasteiger partial charge on any atom is 0.328 e. The van der Waals surface area contributed by atoms with Crippen molar-refractivity contribution in [2.45, 2.75) is 65.7 Å². The Balaban J connectivity index is 2.84. The lowest BCUT2D eigenvalue weighted by atomic mass is 9.82. The minimum atomic E-state index is -1.40. The van der Waals surface area contributed by atoms with Crippen LogP contribution in [0.15, 0.2) is 12.1 Å². The molecule has 0 saturated carbocycles. The monoisotopic (exact) mass is 436 g/mol. The molecule has 0 unspecified atom stereocenters. The molecule has 7 heteroatoms. The minimum Gasteiger partial charge on any atom is -0.465 e. The van der Waals surface area contributed by atoms with Gasteiger partial charge in [-0.3, -0.25) is 9.59 Å². The SMILES string of the molecule is CCCCCCCOC(=O)C(CC)(CC)C(=O)Oc1c(Cl)ccc(Cl)c1Cl. The predicted molar refractivity (Wildman–Crippen MR) is 110 cm³/mol. The second-order valence-corrected chi connectivity index (χ2v) is 7.59. The van der Waals surface area contributed by atoms with Gasteiger partial charge in [-0.2, -0.15) is 0 Å². The van der Waals surface area contributed by atoms with Gasteiger partial charge in [0.05, 0.1) is 16.7 Å². The van der Waals surface area contributed by atoms with Crippen molar-refractivity contribution in [3.8, 4) is 5.75 Å². The number of halogens is 3. The number of hydrogen-bond acceptors (Lipinski definition) is 4. The third-order valence-corrected chi connectivity index (χ3v) is 5.75. The van der Waals surface area contributed by atoms with Crippen LogP contribution in [0.1, 0.15) is 65.7 Å². The molecular formula is C20H27Cl3O4. The van der Waals surface area contributed by atoms with E-state index in [0.717, 1.165) is 32.1 Å². The number of ether oxygens (including phenoxy) is 2. The van der Waals surface area contributed by atoms with Gasteiger partial charge >= 0.3 is 11.9 Å². The van der Waals surface area contributed by atoms with Gasteiger partial charge in [0, 0.05) is 0 Å². The van der Waals surface area contributed by atoms with Gasteiger partial charge in [-0.05, 0) is 31.4 Å². The highest BCUT2D eigenvalue weighted by molar-refractivity contribution is 6.44. The molecule has 0 saturated heterocycles. The van der Waals surface area contributed by atoms with Crippen LogP contribution in [0.25, 0.3) is 0 Å². The van der Waals surface area contributed by atoms with E-state index in [1.807, 2.05) is 0 Å². The molecule has 1 aromatic carbocycles. The van der Waals surface area contributed by atoms with Gasteiger partial charge in [0.15, 0.2) is 11.2 Å². The second-order valence-electron chi connectivity index (χ2n) is 6.40. The largest absolute Gasteiger partial charge is 0.465 e. The number of hydrogen-bond donors (Lipinski definition) is 0. The number of carbonyl (C=O) groups excluding carboxylic acids is 2. The topological polar surface area (TPSA) is 52.6 Å². The van der Waals surface area contributed by atoms with Crippen LogP contribution in [0.5, 0.6) is 5.75 Å². The normalized spacial score (nSPS) is 11.3. The van der Waals surface area contributed by atoms with Crippen molar-refractivity contribution in [1.82, 2.24) is 0 Å².